The topological polar surface area (TPSA) is 81.2 Å². The monoisotopic (exact) mass is 283 g/mol. The van der Waals surface area contributed by atoms with Crippen LogP contribution in [0.5, 0.6) is 0 Å². The number of para-hydroxylation sites is 1. The van der Waals surface area contributed by atoms with Crippen LogP contribution in [0.3, 0.4) is 0 Å². The van der Waals surface area contributed by atoms with Gasteiger partial charge in [0.05, 0.1) is 28.3 Å². The number of halogens is 1. The normalized spacial score (nSPS) is 10.7. The van der Waals surface area contributed by atoms with Crippen LogP contribution in [0.15, 0.2) is 34.4 Å². The van der Waals surface area contributed by atoms with Gasteiger partial charge in [-0.3, -0.25) is 10.1 Å². The van der Waals surface area contributed by atoms with Gasteiger partial charge in [-0.1, -0.05) is 6.07 Å². The van der Waals surface area contributed by atoms with E-state index in [4.69, 9.17) is 5.11 Å². The Morgan fingerprint density at radius 2 is 2.32 bits per heavy atom. The Bertz CT molecular complexity index is 630. The zero-order chi connectivity index (χ0) is 14.0. The van der Waals surface area contributed by atoms with Gasteiger partial charge < -0.3 is 9.67 Å². The summed E-state index contributed by atoms with van der Waals surface area (Å²) >= 11 is 0.979. The van der Waals surface area contributed by atoms with Crippen molar-refractivity contribution in [1.29, 1.82) is 0 Å². The zero-order valence-corrected chi connectivity index (χ0v) is 10.7. The standard InChI is InChI=1S/C11H10FN3O3S/c1-14-7(6-16)5-13-11(14)19-9-4-2-3-8(12)10(9)15(17)18/h2-5,16H,6H2,1H3. The molecule has 0 saturated heterocycles. The third-order valence-electron chi connectivity index (χ3n) is 2.54. The Balaban J connectivity index is 2.41. The summed E-state index contributed by atoms with van der Waals surface area (Å²) in [5.41, 5.74) is 0.00241. The van der Waals surface area contributed by atoms with Crippen LogP contribution in [0.2, 0.25) is 0 Å². The Morgan fingerprint density at radius 1 is 1.58 bits per heavy atom. The fourth-order valence-electron chi connectivity index (χ4n) is 1.52. The van der Waals surface area contributed by atoms with Crippen molar-refractivity contribution in [2.24, 2.45) is 7.05 Å². The third-order valence-corrected chi connectivity index (χ3v) is 3.65. The molecule has 0 fully saturated rings. The second kappa shape index (κ2) is 5.37. The highest BCUT2D eigenvalue weighted by Crippen LogP contribution is 2.35. The molecule has 100 valence electrons. The average molecular weight is 283 g/mol. The van der Waals surface area contributed by atoms with Crippen LogP contribution in [0.1, 0.15) is 5.69 Å². The molecular weight excluding hydrogens is 273 g/mol. The predicted octanol–water partition coefficient (Wildman–Crippen LogP) is 2.11. The molecule has 1 N–H and O–H groups in total. The number of benzene rings is 1. The summed E-state index contributed by atoms with van der Waals surface area (Å²) < 4.78 is 15.0. The lowest BCUT2D eigenvalue weighted by molar-refractivity contribution is -0.390. The van der Waals surface area contributed by atoms with Gasteiger partial charge in [-0.25, -0.2) is 4.98 Å². The van der Waals surface area contributed by atoms with Crippen molar-refractivity contribution in [3.05, 3.63) is 46.0 Å². The van der Waals surface area contributed by atoms with Crippen molar-refractivity contribution in [1.82, 2.24) is 9.55 Å². The van der Waals surface area contributed by atoms with E-state index in [1.54, 1.807) is 11.6 Å². The number of hydrogen-bond donors (Lipinski definition) is 1. The van der Waals surface area contributed by atoms with E-state index in [2.05, 4.69) is 4.98 Å². The number of rotatable bonds is 4. The molecule has 2 aromatic rings. The summed E-state index contributed by atoms with van der Waals surface area (Å²) in [6.45, 7) is -0.185. The zero-order valence-electron chi connectivity index (χ0n) is 9.91. The predicted molar refractivity (Wildman–Crippen MR) is 66.3 cm³/mol. The van der Waals surface area contributed by atoms with E-state index in [0.717, 1.165) is 17.8 Å². The number of nitro benzene ring substituents is 1. The first-order valence-electron chi connectivity index (χ1n) is 5.26. The van der Waals surface area contributed by atoms with Crippen molar-refractivity contribution in [2.75, 3.05) is 0 Å². The molecule has 0 aliphatic rings. The number of nitro groups is 1. The van der Waals surface area contributed by atoms with E-state index in [0.29, 0.717) is 10.9 Å². The molecule has 0 aliphatic heterocycles. The van der Waals surface area contributed by atoms with Crippen molar-refractivity contribution in [2.45, 2.75) is 16.7 Å². The number of aliphatic hydroxyl groups excluding tert-OH is 1. The van der Waals surface area contributed by atoms with Crippen LogP contribution >= 0.6 is 11.8 Å². The fraction of sp³-hybridized carbons (Fsp3) is 0.182. The average Bonchev–Trinajstić information content (AvgIpc) is 2.70. The molecule has 0 aliphatic carbocycles. The second-order valence-electron chi connectivity index (χ2n) is 3.69. The first-order chi connectivity index (χ1) is 9.04. The van der Waals surface area contributed by atoms with Gasteiger partial charge in [0.1, 0.15) is 0 Å². The minimum atomic E-state index is -0.883. The van der Waals surface area contributed by atoms with Crippen molar-refractivity contribution >= 4 is 17.4 Å². The lowest BCUT2D eigenvalue weighted by atomic mass is 10.3. The number of aliphatic hydroxyl groups is 1. The molecule has 0 bridgehead atoms. The molecule has 2 rings (SSSR count). The molecule has 8 heteroatoms. The molecule has 0 atom stereocenters. The number of aromatic nitrogens is 2. The summed E-state index contributed by atoms with van der Waals surface area (Å²) in [7, 11) is 1.67. The van der Waals surface area contributed by atoms with Gasteiger partial charge in [0.25, 0.3) is 0 Å². The van der Waals surface area contributed by atoms with Crippen LogP contribution in [-0.2, 0) is 13.7 Å². The maximum Gasteiger partial charge on any atom is 0.318 e. The van der Waals surface area contributed by atoms with Gasteiger partial charge in [-0.15, -0.1) is 0 Å². The van der Waals surface area contributed by atoms with E-state index in [1.807, 2.05) is 0 Å². The Hall–Kier alpha value is -1.93. The van der Waals surface area contributed by atoms with Gasteiger partial charge in [-0.05, 0) is 23.9 Å². The molecule has 0 unspecified atom stereocenters. The molecule has 0 spiro atoms. The quantitative estimate of drug-likeness (QED) is 0.686. The highest BCUT2D eigenvalue weighted by Gasteiger charge is 2.22. The molecule has 6 nitrogen and oxygen atoms in total. The van der Waals surface area contributed by atoms with Crippen LogP contribution in [0, 0.1) is 15.9 Å². The van der Waals surface area contributed by atoms with Crippen molar-refractivity contribution in [3.8, 4) is 0 Å². The maximum absolute atomic E-state index is 13.5. The molecule has 1 aromatic heterocycles. The smallest absolute Gasteiger partial charge is 0.318 e. The van der Waals surface area contributed by atoms with Gasteiger partial charge in [-0.2, -0.15) is 4.39 Å². The molecule has 0 radical (unpaired) electrons. The van der Waals surface area contributed by atoms with Gasteiger partial charge >= 0.3 is 5.69 Å². The summed E-state index contributed by atoms with van der Waals surface area (Å²) in [5, 5.41) is 20.4. The number of imidazole rings is 1. The van der Waals surface area contributed by atoms with Crippen molar-refractivity contribution in [3.63, 3.8) is 0 Å². The minimum absolute atomic E-state index is 0.170. The van der Waals surface area contributed by atoms with Crippen LogP contribution in [0.4, 0.5) is 10.1 Å². The molecular formula is C11H10FN3O3S. The Labute approximate surface area is 112 Å². The largest absolute Gasteiger partial charge is 0.390 e. The first-order valence-corrected chi connectivity index (χ1v) is 6.08. The van der Waals surface area contributed by atoms with E-state index < -0.39 is 16.4 Å². The lowest BCUT2D eigenvalue weighted by Gasteiger charge is -2.05. The summed E-state index contributed by atoms with van der Waals surface area (Å²) in [6.07, 6.45) is 1.47. The summed E-state index contributed by atoms with van der Waals surface area (Å²) in [6, 6.07) is 3.90. The summed E-state index contributed by atoms with van der Waals surface area (Å²) in [4.78, 5) is 14.3. The van der Waals surface area contributed by atoms with E-state index >= 15 is 0 Å². The van der Waals surface area contributed by atoms with E-state index in [1.165, 1.54) is 18.3 Å². The second-order valence-corrected chi connectivity index (χ2v) is 4.70. The molecule has 0 saturated carbocycles. The highest BCUT2D eigenvalue weighted by atomic mass is 32.2. The number of nitrogens with zero attached hydrogens (tertiary/aromatic N) is 3. The van der Waals surface area contributed by atoms with Gasteiger partial charge in [0, 0.05) is 7.05 Å². The lowest BCUT2D eigenvalue weighted by Crippen LogP contribution is -1.99. The van der Waals surface area contributed by atoms with Crippen LogP contribution < -0.4 is 0 Å². The SMILES string of the molecule is Cn1c(CO)cnc1Sc1cccc(F)c1[N+](=O)[O-]. The third kappa shape index (κ3) is 2.59. The maximum atomic E-state index is 13.5. The highest BCUT2D eigenvalue weighted by molar-refractivity contribution is 7.99. The van der Waals surface area contributed by atoms with E-state index in [9.17, 15) is 14.5 Å². The summed E-state index contributed by atoms with van der Waals surface area (Å²) in [5.74, 6) is -0.883. The van der Waals surface area contributed by atoms with Gasteiger partial charge in [0.15, 0.2) is 5.16 Å². The van der Waals surface area contributed by atoms with E-state index in [-0.39, 0.29) is 11.5 Å². The fourth-order valence-corrected chi connectivity index (χ4v) is 2.49. The first kappa shape index (κ1) is 13.5. The molecule has 1 heterocycles. The molecule has 0 amide bonds. The number of hydrogen-bond acceptors (Lipinski definition) is 5. The minimum Gasteiger partial charge on any atom is -0.390 e. The Morgan fingerprint density at radius 3 is 2.89 bits per heavy atom. The van der Waals surface area contributed by atoms with Crippen LogP contribution in [-0.4, -0.2) is 19.6 Å². The Kier molecular flexibility index (Phi) is 3.82. The molecule has 1 aromatic carbocycles. The van der Waals surface area contributed by atoms with Gasteiger partial charge in [0.2, 0.25) is 5.82 Å². The van der Waals surface area contributed by atoms with Crippen molar-refractivity contribution < 1.29 is 14.4 Å². The van der Waals surface area contributed by atoms with Crippen LogP contribution in [0.25, 0.3) is 0 Å². The molecule has 19 heavy (non-hydrogen) atoms.